The summed E-state index contributed by atoms with van der Waals surface area (Å²) < 4.78 is 9.38. The van der Waals surface area contributed by atoms with Crippen LogP contribution in [0.1, 0.15) is 0 Å². The Morgan fingerprint density at radius 1 is 0.282 bits per heavy atom. The lowest BCUT2D eigenvalue weighted by molar-refractivity contribution is 0.674. The summed E-state index contributed by atoms with van der Waals surface area (Å²) in [5.41, 5.74) is 17.6. The molecule has 0 aliphatic carbocycles. The largest absolute Gasteiger partial charge is 0.455 e. The van der Waals surface area contributed by atoms with Gasteiger partial charge in [-0.1, -0.05) is 200 Å². The fraction of sp³-hybridized carbons (Fsp3) is 0. The monoisotopic (exact) mass is 904 g/mol. The lowest BCUT2D eigenvalue weighted by Gasteiger charge is -2.28. The van der Waals surface area contributed by atoms with Crippen LogP contribution in [0.15, 0.2) is 271 Å². The molecule has 0 saturated carbocycles. The third-order valence-corrected chi connectivity index (χ3v) is 14.4. The van der Waals surface area contributed by atoms with Crippen LogP contribution in [0.25, 0.3) is 115 Å². The fourth-order valence-electron chi connectivity index (χ4n) is 11.0. The van der Waals surface area contributed by atoms with E-state index in [4.69, 9.17) is 4.42 Å². The van der Waals surface area contributed by atoms with Gasteiger partial charge in [-0.15, -0.1) is 0 Å². The Morgan fingerprint density at radius 3 is 1.55 bits per heavy atom. The highest BCUT2D eigenvalue weighted by Crippen LogP contribution is 2.46. The average Bonchev–Trinajstić information content (AvgIpc) is 4.00. The van der Waals surface area contributed by atoms with Gasteiger partial charge < -0.3 is 13.9 Å². The topological polar surface area (TPSA) is 21.3 Å². The Balaban J connectivity index is 0.905. The van der Waals surface area contributed by atoms with Crippen LogP contribution in [0.5, 0.6) is 0 Å². The smallest absolute Gasteiger partial charge is 0.143 e. The minimum atomic E-state index is 0.880. The van der Waals surface area contributed by atoms with Gasteiger partial charge in [-0.3, -0.25) is 0 Å². The summed E-state index contributed by atoms with van der Waals surface area (Å²) in [6, 6.07) is 96.6. The van der Waals surface area contributed by atoms with E-state index >= 15 is 0 Å². The second-order valence-corrected chi connectivity index (χ2v) is 18.4. The van der Waals surface area contributed by atoms with Crippen LogP contribution < -0.4 is 4.90 Å². The zero-order chi connectivity index (χ0) is 46.8. The molecule has 14 rings (SSSR count). The Kier molecular flexibility index (Phi) is 9.53. The number of hydrogen-bond acceptors (Lipinski definition) is 2. The minimum Gasteiger partial charge on any atom is -0.455 e. The molecule has 0 bridgehead atoms. The first kappa shape index (κ1) is 40.6. The van der Waals surface area contributed by atoms with Crippen molar-refractivity contribution in [3.05, 3.63) is 267 Å². The number of fused-ring (bicyclic) bond motifs is 9. The number of furan rings is 1. The van der Waals surface area contributed by atoms with E-state index < -0.39 is 0 Å². The van der Waals surface area contributed by atoms with Crippen LogP contribution in [0.4, 0.5) is 17.1 Å². The molecule has 2 heterocycles. The SMILES string of the molecule is c1cc(-c2ccc(N(c3ccc(-c4ccccc4-n4c5ccccc5c5ccccc54)cc3)c3ccccc3-c3cccc4c3oc3c5ccccc5ccc43)cc2)cc(-c2ccc3ccccc3c2)c1. The van der Waals surface area contributed by atoms with Crippen molar-refractivity contribution in [2.24, 2.45) is 0 Å². The first-order chi connectivity index (χ1) is 35.2. The first-order valence-electron chi connectivity index (χ1n) is 24.3. The van der Waals surface area contributed by atoms with Crippen LogP contribution in [0, 0.1) is 0 Å². The van der Waals surface area contributed by atoms with Gasteiger partial charge in [-0.25, -0.2) is 0 Å². The van der Waals surface area contributed by atoms with Gasteiger partial charge >= 0.3 is 0 Å². The number of nitrogens with zero attached hydrogens (tertiary/aromatic N) is 2. The number of anilines is 3. The number of benzene rings is 12. The zero-order valence-corrected chi connectivity index (χ0v) is 38.7. The van der Waals surface area contributed by atoms with Crippen LogP contribution >= 0.6 is 0 Å². The molecule has 0 amide bonds. The summed E-state index contributed by atoms with van der Waals surface area (Å²) in [5.74, 6) is 0. The zero-order valence-electron chi connectivity index (χ0n) is 38.7. The van der Waals surface area contributed by atoms with Crippen molar-refractivity contribution in [2.75, 3.05) is 4.90 Å². The van der Waals surface area contributed by atoms with Gasteiger partial charge in [0.25, 0.3) is 0 Å². The standard InChI is InChI=1S/C68H44N2O/c1-2-17-49-44-52(32-31-45(49)15-1)51-19-13-18-50(43-51)46-33-38-53(39-34-46)69(64-28-10-8-24-59(64)60-25-14-26-61-62-42-37-47-16-3-4-21-56(47)67(62)71-68(60)61)54-40-35-48(36-41-54)55-20-5-9-27-63(55)70-65-29-11-6-22-57(65)58-23-7-12-30-66(58)70/h1-44H. The van der Waals surface area contributed by atoms with Crippen LogP contribution in [0.2, 0.25) is 0 Å². The van der Waals surface area contributed by atoms with Gasteiger partial charge in [0.2, 0.25) is 0 Å². The van der Waals surface area contributed by atoms with Gasteiger partial charge in [0.1, 0.15) is 11.2 Å². The van der Waals surface area contributed by atoms with Crippen molar-refractivity contribution in [1.82, 2.24) is 4.57 Å². The number of aromatic nitrogens is 1. The van der Waals surface area contributed by atoms with E-state index in [2.05, 4.69) is 276 Å². The average molecular weight is 905 g/mol. The van der Waals surface area contributed by atoms with E-state index in [1.54, 1.807) is 0 Å². The lowest BCUT2D eigenvalue weighted by Crippen LogP contribution is -2.11. The molecule has 71 heavy (non-hydrogen) atoms. The van der Waals surface area contributed by atoms with Crippen LogP contribution in [0.3, 0.4) is 0 Å². The van der Waals surface area contributed by atoms with E-state index in [1.165, 1.54) is 49.3 Å². The molecule has 332 valence electrons. The molecule has 0 spiro atoms. The second-order valence-electron chi connectivity index (χ2n) is 18.4. The molecule has 0 saturated heterocycles. The Morgan fingerprint density at radius 2 is 0.789 bits per heavy atom. The molecule has 3 nitrogen and oxygen atoms in total. The Hall–Kier alpha value is -9.44. The predicted octanol–water partition coefficient (Wildman–Crippen LogP) is 19.1. The number of hydrogen-bond donors (Lipinski definition) is 0. The summed E-state index contributed by atoms with van der Waals surface area (Å²) >= 11 is 0. The van der Waals surface area contributed by atoms with Crippen LogP contribution in [-0.2, 0) is 0 Å². The molecule has 0 N–H and O–H groups in total. The maximum Gasteiger partial charge on any atom is 0.143 e. The van der Waals surface area contributed by atoms with Gasteiger partial charge in [0, 0.05) is 55.0 Å². The molecule has 3 heteroatoms. The van der Waals surface area contributed by atoms with Crippen molar-refractivity contribution in [3.8, 4) is 50.2 Å². The third-order valence-electron chi connectivity index (χ3n) is 14.4. The maximum absolute atomic E-state index is 6.96. The molecular weight excluding hydrogens is 861 g/mol. The number of rotatable bonds is 8. The molecule has 0 radical (unpaired) electrons. The summed E-state index contributed by atoms with van der Waals surface area (Å²) in [7, 11) is 0. The highest BCUT2D eigenvalue weighted by Gasteiger charge is 2.22. The summed E-state index contributed by atoms with van der Waals surface area (Å²) in [6.45, 7) is 0. The molecule has 0 aliphatic rings. The van der Waals surface area contributed by atoms with Crippen molar-refractivity contribution >= 4 is 82.4 Å². The predicted molar refractivity (Wildman–Crippen MR) is 299 cm³/mol. The summed E-state index contributed by atoms with van der Waals surface area (Å²) in [4.78, 5) is 2.39. The minimum absolute atomic E-state index is 0.880. The van der Waals surface area contributed by atoms with Gasteiger partial charge in [-0.2, -0.15) is 0 Å². The molecule has 0 unspecified atom stereocenters. The van der Waals surface area contributed by atoms with Crippen molar-refractivity contribution in [2.45, 2.75) is 0 Å². The molecular formula is C68H44N2O. The van der Waals surface area contributed by atoms with E-state index in [1.807, 2.05) is 0 Å². The van der Waals surface area contributed by atoms with Gasteiger partial charge in [0.05, 0.1) is 22.4 Å². The van der Waals surface area contributed by atoms with Gasteiger partial charge in [0.15, 0.2) is 0 Å². The highest BCUT2D eigenvalue weighted by molar-refractivity contribution is 6.18. The van der Waals surface area contributed by atoms with Crippen LogP contribution in [-0.4, -0.2) is 4.57 Å². The number of para-hydroxylation sites is 5. The van der Waals surface area contributed by atoms with E-state index in [9.17, 15) is 0 Å². The lowest BCUT2D eigenvalue weighted by atomic mass is 9.96. The fourth-order valence-corrected chi connectivity index (χ4v) is 11.0. The molecule has 14 aromatic rings. The quantitative estimate of drug-likeness (QED) is 0.151. The Bertz CT molecular complexity index is 4290. The van der Waals surface area contributed by atoms with E-state index in [0.29, 0.717) is 0 Å². The molecule has 0 fully saturated rings. The highest BCUT2D eigenvalue weighted by atomic mass is 16.3. The summed E-state index contributed by atoms with van der Waals surface area (Å²) in [5, 5.41) is 9.48. The van der Waals surface area contributed by atoms with Crippen molar-refractivity contribution in [3.63, 3.8) is 0 Å². The third kappa shape index (κ3) is 6.82. The van der Waals surface area contributed by atoms with Gasteiger partial charge in [-0.05, 0) is 111 Å². The van der Waals surface area contributed by atoms with E-state index in [-0.39, 0.29) is 0 Å². The molecule has 0 atom stereocenters. The maximum atomic E-state index is 6.96. The second kappa shape index (κ2) is 16.7. The first-order valence-corrected chi connectivity index (χ1v) is 24.3. The summed E-state index contributed by atoms with van der Waals surface area (Å²) in [6.07, 6.45) is 0. The van der Waals surface area contributed by atoms with E-state index in [0.717, 1.165) is 83.3 Å². The van der Waals surface area contributed by atoms with Crippen molar-refractivity contribution in [1.29, 1.82) is 0 Å². The normalized spacial score (nSPS) is 11.7. The molecule has 0 aliphatic heterocycles. The molecule has 12 aromatic carbocycles. The molecule has 2 aromatic heterocycles. The Labute approximate surface area is 411 Å². The van der Waals surface area contributed by atoms with Crippen molar-refractivity contribution < 1.29 is 4.42 Å².